The summed E-state index contributed by atoms with van der Waals surface area (Å²) in [6.07, 6.45) is -2.99. The maximum atomic E-state index is 12.8. The van der Waals surface area contributed by atoms with Gasteiger partial charge in [0.2, 0.25) is 0 Å². The molecule has 0 aliphatic rings. The van der Waals surface area contributed by atoms with Crippen molar-refractivity contribution >= 4 is 5.82 Å². The van der Waals surface area contributed by atoms with Crippen molar-refractivity contribution in [2.45, 2.75) is 6.18 Å². The Morgan fingerprint density at radius 2 is 1.89 bits per heavy atom. The van der Waals surface area contributed by atoms with E-state index >= 15 is 0 Å². The second-order valence-corrected chi connectivity index (χ2v) is 3.72. The van der Waals surface area contributed by atoms with Crippen LogP contribution in [0.25, 0.3) is 0 Å². The molecule has 0 aliphatic carbocycles. The van der Waals surface area contributed by atoms with Crippen LogP contribution in [0.1, 0.15) is 5.56 Å². The third kappa shape index (κ3) is 3.15. The Morgan fingerprint density at radius 3 is 2.58 bits per heavy atom. The number of hydrogen-bond donors (Lipinski definition) is 1. The van der Waals surface area contributed by atoms with Gasteiger partial charge in [-0.2, -0.15) is 13.2 Å². The van der Waals surface area contributed by atoms with Gasteiger partial charge in [0, 0.05) is 19.3 Å². The molecule has 100 valence electrons. The minimum Gasteiger partial charge on any atom is -0.457 e. The molecule has 19 heavy (non-hydrogen) atoms. The van der Waals surface area contributed by atoms with Gasteiger partial charge in [-0.15, -0.1) is 0 Å². The molecule has 0 unspecified atom stereocenters. The molecule has 3 nitrogen and oxygen atoms in total. The summed E-state index contributed by atoms with van der Waals surface area (Å²) in [4.78, 5) is 3.96. The van der Waals surface area contributed by atoms with Crippen molar-refractivity contribution in [3.05, 3.63) is 48.2 Å². The zero-order chi connectivity index (χ0) is 13.9. The minimum absolute atomic E-state index is 0.233. The Morgan fingerprint density at radius 1 is 1.16 bits per heavy atom. The second kappa shape index (κ2) is 5.17. The Kier molecular flexibility index (Phi) is 3.59. The highest BCUT2D eigenvalue weighted by Crippen LogP contribution is 2.37. The predicted molar refractivity (Wildman–Crippen MR) is 65.3 cm³/mol. The molecule has 2 aromatic rings. The molecule has 1 aromatic carbocycles. The molecule has 2 rings (SSSR count). The van der Waals surface area contributed by atoms with Crippen molar-refractivity contribution < 1.29 is 17.9 Å². The van der Waals surface area contributed by atoms with Crippen molar-refractivity contribution in [3.8, 4) is 11.5 Å². The Hall–Kier alpha value is -2.24. The standard InChI is InChI=1S/C13H11F3N2O/c1-17-12-8-9(6-7-18-12)19-11-5-3-2-4-10(11)13(14,15)16/h2-8H,1H3,(H,17,18). The van der Waals surface area contributed by atoms with Gasteiger partial charge in [-0.25, -0.2) is 4.98 Å². The number of halogens is 3. The largest absolute Gasteiger partial charge is 0.457 e. The van der Waals surface area contributed by atoms with Gasteiger partial charge in [0.25, 0.3) is 0 Å². The summed E-state index contributed by atoms with van der Waals surface area (Å²) in [5.74, 6) is 0.571. The summed E-state index contributed by atoms with van der Waals surface area (Å²) < 4.78 is 43.7. The van der Waals surface area contributed by atoms with Crippen molar-refractivity contribution in [1.29, 1.82) is 0 Å². The lowest BCUT2D eigenvalue weighted by Crippen LogP contribution is -2.06. The highest BCUT2D eigenvalue weighted by atomic mass is 19.4. The van der Waals surface area contributed by atoms with Gasteiger partial charge in [-0.3, -0.25) is 0 Å². The van der Waals surface area contributed by atoms with Gasteiger partial charge in [0.15, 0.2) is 0 Å². The fraction of sp³-hybridized carbons (Fsp3) is 0.154. The summed E-state index contributed by atoms with van der Waals surface area (Å²) in [6.45, 7) is 0. The predicted octanol–water partition coefficient (Wildman–Crippen LogP) is 3.93. The van der Waals surface area contributed by atoms with E-state index in [2.05, 4.69) is 10.3 Å². The van der Waals surface area contributed by atoms with Crippen molar-refractivity contribution in [1.82, 2.24) is 4.98 Å². The molecular formula is C13H11F3N2O. The van der Waals surface area contributed by atoms with E-state index in [1.54, 1.807) is 7.05 Å². The van der Waals surface area contributed by atoms with Crippen molar-refractivity contribution in [2.24, 2.45) is 0 Å². The van der Waals surface area contributed by atoms with E-state index in [0.717, 1.165) is 6.07 Å². The smallest absolute Gasteiger partial charge is 0.419 e. The Bertz CT molecular complexity index is 570. The fourth-order valence-corrected chi connectivity index (χ4v) is 1.53. The molecule has 1 N–H and O–H groups in total. The lowest BCUT2D eigenvalue weighted by Gasteiger charge is -2.13. The first kappa shape index (κ1) is 13.2. The molecule has 6 heteroatoms. The van der Waals surface area contributed by atoms with Gasteiger partial charge < -0.3 is 10.1 Å². The van der Waals surface area contributed by atoms with Crippen LogP contribution >= 0.6 is 0 Å². The summed E-state index contributed by atoms with van der Waals surface area (Å²) in [5.41, 5.74) is -0.808. The van der Waals surface area contributed by atoms with E-state index in [9.17, 15) is 13.2 Å². The van der Waals surface area contributed by atoms with Crippen LogP contribution in [0.2, 0.25) is 0 Å². The number of nitrogens with zero attached hydrogens (tertiary/aromatic N) is 1. The monoisotopic (exact) mass is 268 g/mol. The molecule has 0 radical (unpaired) electrons. The fourth-order valence-electron chi connectivity index (χ4n) is 1.53. The lowest BCUT2D eigenvalue weighted by atomic mass is 10.2. The molecule has 0 fully saturated rings. The molecular weight excluding hydrogens is 257 g/mol. The van der Waals surface area contributed by atoms with E-state index < -0.39 is 11.7 Å². The van der Waals surface area contributed by atoms with E-state index in [1.807, 2.05) is 0 Å². The number of aromatic nitrogens is 1. The molecule has 0 saturated carbocycles. The second-order valence-electron chi connectivity index (χ2n) is 3.72. The molecule has 0 spiro atoms. The van der Waals surface area contributed by atoms with E-state index in [1.165, 1.54) is 36.5 Å². The normalized spacial score (nSPS) is 11.2. The number of alkyl halides is 3. The maximum absolute atomic E-state index is 12.8. The van der Waals surface area contributed by atoms with Gasteiger partial charge in [0.05, 0.1) is 5.56 Å². The summed E-state index contributed by atoms with van der Waals surface area (Å²) in [6, 6.07) is 8.09. The number of anilines is 1. The van der Waals surface area contributed by atoms with Crippen LogP contribution in [0.4, 0.5) is 19.0 Å². The number of para-hydroxylation sites is 1. The highest BCUT2D eigenvalue weighted by Gasteiger charge is 2.34. The van der Waals surface area contributed by atoms with E-state index in [-0.39, 0.29) is 11.5 Å². The van der Waals surface area contributed by atoms with Crippen LogP contribution in [0.15, 0.2) is 42.6 Å². The molecule has 0 aliphatic heterocycles. The first-order valence-corrected chi connectivity index (χ1v) is 5.48. The number of nitrogens with one attached hydrogen (secondary N) is 1. The lowest BCUT2D eigenvalue weighted by molar-refractivity contribution is -0.138. The van der Waals surface area contributed by atoms with Gasteiger partial charge in [-0.05, 0) is 18.2 Å². The molecule has 0 atom stereocenters. The third-order valence-electron chi connectivity index (χ3n) is 2.41. The van der Waals surface area contributed by atoms with Crippen LogP contribution in [-0.4, -0.2) is 12.0 Å². The van der Waals surface area contributed by atoms with Crippen LogP contribution < -0.4 is 10.1 Å². The summed E-state index contributed by atoms with van der Waals surface area (Å²) in [5, 5.41) is 2.78. The Labute approximate surface area is 108 Å². The van der Waals surface area contributed by atoms with Crippen LogP contribution in [0.5, 0.6) is 11.5 Å². The average molecular weight is 268 g/mol. The SMILES string of the molecule is CNc1cc(Oc2ccccc2C(F)(F)F)ccn1. The van der Waals surface area contributed by atoms with Gasteiger partial charge in [-0.1, -0.05) is 12.1 Å². The summed E-state index contributed by atoms with van der Waals surface area (Å²) in [7, 11) is 1.66. The van der Waals surface area contributed by atoms with E-state index in [4.69, 9.17) is 4.74 Å². The highest BCUT2D eigenvalue weighted by molar-refractivity contribution is 5.44. The molecule has 1 aromatic heterocycles. The zero-order valence-electron chi connectivity index (χ0n) is 10.0. The number of pyridine rings is 1. The number of rotatable bonds is 3. The van der Waals surface area contributed by atoms with Crippen molar-refractivity contribution in [3.63, 3.8) is 0 Å². The maximum Gasteiger partial charge on any atom is 0.419 e. The average Bonchev–Trinajstić information content (AvgIpc) is 2.38. The topological polar surface area (TPSA) is 34.1 Å². The molecule has 1 heterocycles. The quantitative estimate of drug-likeness (QED) is 0.915. The minimum atomic E-state index is -4.45. The van der Waals surface area contributed by atoms with Crippen LogP contribution in [0.3, 0.4) is 0 Å². The number of benzene rings is 1. The first-order chi connectivity index (χ1) is 9.00. The summed E-state index contributed by atoms with van der Waals surface area (Å²) >= 11 is 0. The number of hydrogen-bond acceptors (Lipinski definition) is 3. The molecule has 0 amide bonds. The molecule has 0 bridgehead atoms. The molecule has 0 saturated heterocycles. The van der Waals surface area contributed by atoms with E-state index in [0.29, 0.717) is 5.82 Å². The first-order valence-electron chi connectivity index (χ1n) is 5.48. The van der Waals surface area contributed by atoms with Crippen LogP contribution in [0, 0.1) is 0 Å². The third-order valence-corrected chi connectivity index (χ3v) is 2.41. The van der Waals surface area contributed by atoms with Gasteiger partial charge in [0.1, 0.15) is 17.3 Å². The zero-order valence-corrected chi connectivity index (χ0v) is 10.0. The Balaban J connectivity index is 2.33. The van der Waals surface area contributed by atoms with Crippen LogP contribution in [-0.2, 0) is 6.18 Å². The van der Waals surface area contributed by atoms with Gasteiger partial charge >= 0.3 is 6.18 Å². The van der Waals surface area contributed by atoms with Crippen molar-refractivity contribution in [2.75, 3.05) is 12.4 Å². The number of ether oxygens (including phenoxy) is 1.